The quantitative estimate of drug-likeness (QED) is 0.508. The van der Waals surface area contributed by atoms with Gasteiger partial charge in [0.2, 0.25) is 0 Å². The average molecular weight is 348 g/mol. The fourth-order valence-electron chi connectivity index (χ4n) is 2.81. The van der Waals surface area contributed by atoms with Crippen molar-refractivity contribution in [3.05, 3.63) is 89.5 Å². The van der Waals surface area contributed by atoms with Crippen molar-refractivity contribution in [1.82, 2.24) is 10.3 Å². The van der Waals surface area contributed by atoms with Crippen molar-refractivity contribution in [2.75, 3.05) is 0 Å². The minimum atomic E-state index is -0.129. The van der Waals surface area contributed by atoms with Gasteiger partial charge in [0.25, 0.3) is 5.91 Å². The molecule has 0 aliphatic carbocycles. The summed E-state index contributed by atoms with van der Waals surface area (Å²) >= 11 is 1.37. The number of carbonyl (C=O) groups excluding carboxylic acids is 1. The summed E-state index contributed by atoms with van der Waals surface area (Å²) < 4.78 is 0. The molecule has 0 aromatic heterocycles. The maximum Gasteiger partial charge on any atom is 0.266 e. The second-order valence-electron chi connectivity index (χ2n) is 5.77. The zero-order valence-electron chi connectivity index (χ0n) is 14.2. The van der Waals surface area contributed by atoms with Gasteiger partial charge in [-0.1, -0.05) is 60.7 Å². The van der Waals surface area contributed by atoms with Crippen LogP contribution in [0.1, 0.15) is 21.5 Å². The summed E-state index contributed by atoms with van der Waals surface area (Å²) in [4.78, 5) is 16.6. The Morgan fingerprint density at radius 2 is 1.48 bits per heavy atom. The molecule has 0 atom stereocenters. The highest BCUT2D eigenvalue weighted by Crippen LogP contribution is 2.27. The van der Waals surface area contributed by atoms with Gasteiger partial charge in [0.05, 0.1) is 0 Å². The molecule has 0 aliphatic rings. The van der Waals surface area contributed by atoms with E-state index in [4.69, 9.17) is 0 Å². The smallest absolute Gasteiger partial charge is 0.266 e. The summed E-state index contributed by atoms with van der Waals surface area (Å²) in [7, 11) is 0. The van der Waals surface area contributed by atoms with Crippen molar-refractivity contribution in [2.24, 2.45) is 0 Å². The summed E-state index contributed by atoms with van der Waals surface area (Å²) in [6.45, 7) is 3.95. The summed E-state index contributed by atoms with van der Waals surface area (Å²) in [6, 6.07) is 24.0. The Morgan fingerprint density at radius 3 is 2.16 bits per heavy atom. The molecule has 0 radical (unpaired) electrons. The van der Waals surface area contributed by atoms with Crippen molar-refractivity contribution in [1.29, 1.82) is 0 Å². The van der Waals surface area contributed by atoms with Crippen LogP contribution in [0.3, 0.4) is 0 Å². The molecule has 0 bridgehead atoms. The zero-order chi connectivity index (χ0) is 17.6. The van der Waals surface area contributed by atoms with Crippen molar-refractivity contribution >= 4 is 17.9 Å². The number of benzene rings is 3. The van der Waals surface area contributed by atoms with Gasteiger partial charge in [0.1, 0.15) is 0 Å². The number of hydrogen-bond donors (Lipinski definition) is 2. The molecule has 0 saturated carbocycles. The molecule has 1 amide bonds. The fraction of sp³-hybridized carbons (Fsp3) is 0.0952. The van der Waals surface area contributed by atoms with Gasteiger partial charge in [0, 0.05) is 10.5 Å². The normalized spacial score (nSPS) is 10.5. The molecule has 3 aromatic rings. The molecule has 2 N–H and O–H groups in total. The lowest BCUT2D eigenvalue weighted by Gasteiger charge is -2.15. The molecule has 3 aromatic carbocycles. The van der Waals surface area contributed by atoms with Gasteiger partial charge >= 0.3 is 0 Å². The highest BCUT2D eigenvalue weighted by atomic mass is 32.2. The zero-order valence-corrected chi connectivity index (χ0v) is 15.1. The lowest BCUT2D eigenvalue weighted by molar-refractivity contribution is 0.0946. The SMILES string of the molecule is Cc1ccc(-c2ccccc2)c(C)c1C(=O)NNSc1ccccc1. The summed E-state index contributed by atoms with van der Waals surface area (Å²) in [6.07, 6.45) is 0. The van der Waals surface area contributed by atoms with E-state index in [0.717, 1.165) is 27.1 Å². The minimum Gasteiger partial charge on any atom is -0.277 e. The Bertz CT molecular complexity index is 864. The Morgan fingerprint density at radius 1 is 0.840 bits per heavy atom. The van der Waals surface area contributed by atoms with Crippen LogP contribution in [0.2, 0.25) is 0 Å². The molecule has 0 unspecified atom stereocenters. The van der Waals surface area contributed by atoms with Crippen molar-refractivity contribution in [3.63, 3.8) is 0 Å². The number of amides is 1. The van der Waals surface area contributed by atoms with Gasteiger partial charge in [-0.2, -0.15) is 4.83 Å². The molecule has 3 rings (SSSR count). The molecule has 3 nitrogen and oxygen atoms in total. The molecule has 4 heteroatoms. The largest absolute Gasteiger partial charge is 0.277 e. The summed E-state index contributed by atoms with van der Waals surface area (Å²) in [5, 5.41) is 0. The standard InChI is InChI=1S/C21H20N2OS/c1-15-13-14-19(17-9-5-3-6-10-17)16(2)20(15)21(24)22-23-25-18-11-7-4-8-12-18/h3-14,23H,1-2H3,(H,22,24). The predicted molar refractivity (Wildman–Crippen MR) is 104 cm³/mol. The molecular formula is C21H20N2OS. The third-order valence-corrected chi connectivity index (χ3v) is 4.77. The van der Waals surface area contributed by atoms with Crippen molar-refractivity contribution in [2.45, 2.75) is 18.7 Å². The van der Waals surface area contributed by atoms with Crippen LogP contribution in [0.15, 0.2) is 77.7 Å². The van der Waals surface area contributed by atoms with E-state index in [2.05, 4.69) is 28.5 Å². The Labute approximate surface area is 152 Å². The van der Waals surface area contributed by atoms with E-state index in [1.165, 1.54) is 11.9 Å². The second-order valence-corrected chi connectivity index (χ2v) is 6.65. The second kappa shape index (κ2) is 8.01. The van der Waals surface area contributed by atoms with Gasteiger partial charge in [0.15, 0.2) is 0 Å². The Kier molecular flexibility index (Phi) is 5.53. The summed E-state index contributed by atoms with van der Waals surface area (Å²) in [5.41, 5.74) is 7.62. The van der Waals surface area contributed by atoms with E-state index < -0.39 is 0 Å². The maximum atomic E-state index is 12.7. The lowest BCUT2D eigenvalue weighted by atomic mass is 9.93. The fourth-order valence-corrected chi connectivity index (χ4v) is 3.36. The molecule has 0 heterocycles. The highest BCUT2D eigenvalue weighted by molar-refractivity contribution is 7.97. The van der Waals surface area contributed by atoms with Gasteiger partial charge in [-0.25, -0.2) is 0 Å². The van der Waals surface area contributed by atoms with E-state index in [1.54, 1.807) is 0 Å². The lowest BCUT2D eigenvalue weighted by Crippen LogP contribution is -2.33. The van der Waals surface area contributed by atoms with Crippen LogP contribution >= 0.6 is 11.9 Å². The Hall–Kier alpha value is -2.56. The van der Waals surface area contributed by atoms with E-state index in [-0.39, 0.29) is 5.91 Å². The van der Waals surface area contributed by atoms with Crippen LogP contribution in [0.4, 0.5) is 0 Å². The molecule has 0 spiro atoms. The predicted octanol–water partition coefficient (Wildman–Crippen LogP) is 4.91. The monoisotopic (exact) mass is 348 g/mol. The first-order chi connectivity index (χ1) is 12.2. The molecule has 25 heavy (non-hydrogen) atoms. The first-order valence-electron chi connectivity index (χ1n) is 8.09. The van der Waals surface area contributed by atoms with Crippen LogP contribution in [-0.4, -0.2) is 5.91 Å². The molecule has 0 saturated heterocycles. The van der Waals surface area contributed by atoms with Crippen LogP contribution in [-0.2, 0) is 0 Å². The van der Waals surface area contributed by atoms with E-state index in [1.807, 2.05) is 68.4 Å². The molecule has 0 fully saturated rings. The third kappa shape index (κ3) is 4.10. The van der Waals surface area contributed by atoms with Crippen LogP contribution < -0.4 is 10.3 Å². The molecular weight excluding hydrogens is 328 g/mol. The Balaban J connectivity index is 1.78. The van der Waals surface area contributed by atoms with Crippen LogP contribution in [0.25, 0.3) is 11.1 Å². The van der Waals surface area contributed by atoms with Crippen molar-refractivity contribution in [3.8, 4) is 11.1 Å². The van der Waals surface area contributed by atoms with Gasteiger partial charge in [-0.3, -0.25) is 10.2 Å². The van der Waals surface area contributed by atoms with E-state index in [9.17, 15) is 4.79 Å². The first-order valence-corrected chi connectivity index (χ1v) is 8.91. The van der Waals surface area contributed by atoms with Gasteiger partial charge in [-0.05, 0) is 60.2 Å². The molecule has 0 aliphatic heterocycles. The molecule has 126 valence electrons. The highest BCUT2D eigenvalue weighted by Gasteiger charge is 2.15. The van der Waals surface area contributed by atoms with Gasteiger partial charge in [-0.15, -0.1) is 0 Å². The van der Waals surface area contributed by atoms with E-state index in [0.29, 0.717) is 5.56 Å². The number of hydrogen-bond acceptors (Lipinski definition) is 3. The van der Waals surface area contributed by atoms with E-state index >= 15 is 0 Å². The van der Waals surface area contributed by atoms with Crippen LogP contribution in [0.5, 0.6) is 0 Å². The first kappa shape index (κ1) is 17.3. The minimum absolute atomic E-state index is 0.129. The van der Waals surface area contributed by atoms with Gasteiger partial charge < -0.3 is 0 Å². The number of hydrazine groups is 1. The van der Waals surface area contributed by atoms with Crippen molar-refractivity contribution < 1.29 is 4.79 Å². The van der Waals surface area contributed by atoms with Crippen LogP contribution in [0, 0.1) is 13.8 Å². The number of nitrogens with one attached hydrogen (secondary N) is 2. The summed E-state index contributed by atoms with van der Waals surface area (Å²) in [5.74, 6) is -0.129. The average Bonchev–Trinajstić information content (AvgIpc) is 2.63. The third-order valence-electron chi connectivity index (χ3n) is 4.06. The number of aryl methyl sites for hydroxylation is 1. The topological polar surface area (TPSA) is 41.1 Å². The maximum absolute atomic E-state index is 12.7. The number of rotatable bonds is 5. The number of carbonyl (C=O) groups is 1.